The molecule has 1 aromatic rings. The fourth-order valence-corrected chi connectivity index (χ4v) is 2.24. The van der Waals surface area contributed by atoms with Gasteiger partial charge in [0.2, 0.25) is 0 Å². The van der Waals surface area contributed by atoms with E-state index in [1.807, 2.05) is 58.9 Å². The third kappa shape index (κ3) is 25.0. The molecule has 0 aliphatic heterocycles. The van der Waals surface area contributed by atoms with E-state index < -0.39 is 5.60 Å². The van der Waals surface area contributed by atoms with Crippen LogP contribution in [0.2, 0.25) is 0 Å². The summed E-state index contributed by atoms with van der Waals surface area (Å²) >= 11 is 0. The predicted molar refractivity (Wildman–Crippen MR) is 149 cm³/mol. The summed E-state index contributed by atoms with van der Waals surface area (Å²) in [6, 6.07) is 7.71. The first-order chi connectivity index (χ1) is 15.6. The van der Waals surface area contributed by atoms with E-state index in [2.05, 4.69) is 41.5 Å². The lowest BCUT2D eigenvalue weighted by Crippen LogP contribution is -2.27. The average molecular weight is 497 g/mol. The van der Waals surface area contributed by atoms with Crippen LogP contribution in [-0.4, -0.2) is 28.2 Å². The maximum absolute atomic E-state index is 11.4. The summed E-state index contributed by atoms with van der Waals surface area (Å²) in [5.41, 5.74) is 0.638. The van der Waals surface area contributed by atoms with E-state index in [4.69, 9.17) is 14.6 Å². The summed E-state index contributed by atoms with van der Waals surface area (Å²) < 4.78 is 10.2. The lowest BCUT2D eigenvalue weighted by atomic mass is 9.82. The first-order valence-corrected chi connectivity index (χ1v) is 12.8. The molecule has 0 atom stereocenters. The van der Waals surface area contributed by atoms with Crippen LogP contribution in [0.4, 0.5) is 0 Å². The van der Waals surface area contributed by atoms with Gasteiger partial charge >= 0.3 is 11.9 Å². The van der Waals surface area contributed by atoms with Crippen LogP contribution in [0.3, 0.4) is 0 Å². The molecule has 0 amide bonds. The molecule has 5 nitrogen and oxygen atoms in total. The Morgan fingerprint density at radius 1 is 0.800 bits per heavy atom. The number of hydrogen-bond acceptors (Lipinski definition) is 5. The van der Waals surface area contributed by atoms with Crippen molar-refractivity contribution in [1.29, 1.82) is 0 Å². The molecule has 1 rings (SSSR count). The van der Waals surface area contributed by atoms with Crippen LogP contribution in [0.25, 0.3) is 0 Å². The SMILES string of the molecule is CC.CC(C)(C)O.CCC(C)(C)CC(=O)OC(C)(C)C.CCC(C)(C)c1ccc(OC(C)=O)cc1. The molecule has 0 radical (unpaired) electrons. The van der Waals surface area contributed by atoms with E-state index in [0.717, 1.165) is 12.8 Å². The fourth-order valence-electron chi connectivity index (χ4n) is 2.24. The van der Waals surface area contributed by atoms with E-state index in [9.17, 15) is 9.59 Å². The summed E-state index contributed by atoms with van der Waals surface area (Å²) in [5, 5.41) is 8.52. The number of rotatable bonds is 6. The molecule has 0 unspecified atom stereocenters. The summed E-state index contributed by atoms with van der Waals surface area (Å²) in [7, 11) is 0. The Bertz CT molecular complexity index is 696. The van der Waals surface area contributed by atoms with Crippen LogP contribution < -0.4 is 4.74 Å². The molecular formula is C30H56O5. The number of aliphatic hydroxyl groups is 1. The lowest BCUT2D eigenvalue weighted by Gasteiger charge is -2.25. The van der Waals surface area contributed by atoms with Gasteiger partial charge in [-0.05, 0) is 76.5 Å². The van der Waals surface area contributed by atoms with Gasteiger partial charge in [-0.1, -0.05) is 73.9 Å². The van der Waals surface area contributed by atoms with E-state index >= 15 is 0 Å². The van der Waals surface area contributed by atoms with Gasteiger partial charge in [0.1, 0.15) is 11.4 Å². The highest BCUT2D eigenvalue weighted by Crippen LogP contribution is 2.28. The van der Waals surface area contributed by atoms with Crippen molar-refractivity contribution in [2.45, 2.75) is 140 Å². The molecule has 35 heavy (non-hydrogen) atoms. The molecule has 0 aliphatic carbocycles. The highest BCUT2D eigenvalue weighted by molar-refractivity contribution is 5.70. The zero-order chi connectivity index (χ0) is 28.7. The number of ether oxygens (including phenoxy) is 2. The highest BCUT2D eigenvalue weighted by atomic mass is 16.6. The van der Waals surface area contributed by atoms with Gasteiger partial charge in [0.05, 0.1) is 12.0 Å². The minimum absolute atomic E-state index is 0.0579. The van der Waals surface area contributed by atoms with Gasteiger partial charge in [-0.15, -0.1) is 0 Å². The summed E-state index contributed by atoms with van der Waals surface area (Å²) in [6.07, 6.45) is 2.58. The Morgan fingerprint density at radius 2 is 1.20 bits per heavy atom. The first kappa shape index (κ1) is 37.7. The molecule has 0 fully saturated rings. The molecule has 0 aromatic heterocycles. The minimum Gasteiger partial charge on any atom is -0.460 e. The van der Waals surface area contributed by atoms with Crippen LogP contribution in [0, 0.1) is 5.41 Å². The Hall–Kier alpha value is -1.88. The number of carbonyl (C=O) groups is 2. The average Bonchev–Trinajstić information content (AvgIpc) is 2.67. The van der Waals surface area contributed by atoms with Gasteiger partial charge in [-0.25, -0.2) is 0 Å². The number of hydrogen-bond donors (Lipinski definition) is 1. The second-order valence-corrected chi connectivity index (χ2v) is 11.8. The largest absolute Gasteiger partial charge is 0.460 e. The van der Waals surface area contributed by atoms with Crippen molar-refractivity contribution < 1.29 is 24.2 Å². The Labute approximate surface area is 217 Å². The summed E-state index contributed by atoms with van der Waals surface area (Å²) in [4.78, 5) is 22.1. The van der Waals surface area contributed by atoms with Gasteiger partial charge in [0.25, 0.3) is 0 Å². The molecule has 0 saturated heterocycles. The molecule has 5 heteroatoms. The Kier molecular flexibility index (Phi) is 18.0. The van der Waals surface area contributed by atoms with Crippen LogP contribution in [0.15, 0.2) is 24.3 Å². The molecule has 0 bridgehead atoms. The van der Waals surface area contributed by atoms with Crippen molar-refractivity contribution in [2.24, 2.45) is 5.41 Å². The van der Waals surface area contributed by atoms with Crippen molar-refractivity contribution in [1.82, 2.24) is 0 Å². The molecule has 0 spiro atoms. The Balaban J connectivity index is -0.000000467. The molecular weight excluding hydrogens is 440 g/mol. The van der Waals surface area contributed by atoms with Gasteiger partial charge in [-0.3, -0.25) is 9.59 Å². The Morgan fingerprint density at radius 3 is 1.49 bits per heavy atom. The lowest BCUT2D eigenvalue weighted by molar-refractivity contribution is -0.157. The van der Waals surface area contributed by atoms with E-state index in [0.29, 0.717) is 12.2 Å². The number of benzene rings is 1. The molecule has 0 saturated carbocycles. The second-order valence-electron chi connectivity index (χ2n) is 11.8. The van der Waals surface area contributed by atoms with E-state index in [1.54, 1.807) is 20.8 Å². The second kappa shape index (κ2) is 16.7. The third-order valence-electron chi connectivity index (χ3n) is 4.78. The molecule has 0 aliphatic rings. The fraction of sp³-hybridized carbons (Fsp3) is 0.733. The zero-order valence-corrected chi connectivity index (χ0v) is 25.5. The normalized spacial score (nSPS) is 11.4. The third-order valence-corrected chi connectivity index (χ3v) is 4.78. The van der Waals surface area contributed by atoms with Crippen LogP contribution >= 0.6 is 0 Å². The van der Waals surface area contributed by atoms with Gasteiger partial charge < -0.3 is 14.6 Å². The van der Waals surface area contributed by atoms with E-state index in [-0.39, 0.29) is 28.4 Å². The molecule has 1 N–H and O–H groups in total. The maximum Gasteiger partial charge on any atom is 0.308 e. The maximum atomic E-state index is 11.4. The van der Waals surface area contributed by atoms with Crippen molar-refractivity contribution in [2.75, 3.05) is 0 Å². The predicted octanol–water partition coefficient (Wildman–Crippen LogP) is 8.26. The molecule has 206 valence electrons. The minimum atomic E-state index is -0.500. The van der Waals surface area contributed by atoms with Crippen molar-refractivity contribution in [3.63, 3.8) is 0 Å². The topological polar surface area (TPSA) is 72.8 Å². The van der Waals surface area contributed by atoms with Crippen molar-refractivity contribution in [3.05, 3.63) is 29.8 Å². The van der Waals surface area contributed by atoms with Gasteiger partial charge in [0.15, 0.2) is 0 Å². The highest BCUT2D eigenvalue weighted by Gasteiger charge is 2.24. The van der Waals surface area contributed by atoms with Crippen molar-refractivity contribution >= 4 is 11.9 Å². The van der Waals surface area contributed by atoms with Crippen LogP contribution in [0.5, 0.6) is 5.75 Å². The van der Waals surface area contributed by atoms with Gasteiger partial charge in [0, 0.05) is 6.92 Å². The van der Waals surface area contributed by atoms with Crippen LogP contribution in [0.1, 0.15) is 129 Å². The molecule has 1 aromatic carbocycles. The summed E-state index contributed by atoms with van der Waals surface area (Å²) in [6.45, 7) is 29.1. The van der Waals surface area contributed by atoms with Gasteiger partial charge in [-0.2, -0.15) is 0 Å². The zero-order valence-electron chi connectivity index (χ0n) is 25.5. The monoisotopic (exact) mass is 496 g/mol. The smallest absolute Gasteiger partial charge is 0.308 e. The number of carbonyl (C=O) groups excluding carboxylic acids is 2. The standard InChI is InChI=1S/C13H18O2.C11H22O2.C4H10O.C2H6/c1-5-13(3,4)11-6-8-12(9-7-11)15-10(2)14;1-7-11(5,6)8-9(12)13-10(2,3)4;1-4(2,3)5;1-2/h6-9H,5H2,1-4H3;7-8H2,1-6H3;5H,1-3H3;1-2H3. The molecule has 0 heterocycles. The van der Waals surface area contributed by atoms with Crippen LogP contribution in [-0.2, 0) is 19.7 Å². The number of esters is 2. The van der Waals surface area contributed by atoms with E-state index in [1.165, 1.54) is 12.5 Å². The van der Waals surface area contributed by atoms with Crippen molar-refractivity contribution in [3.8, 4) is 5.75 Å². The summed E-state index contributed by atoms with van der Waals surface area (Å²) in [5.74, 6) is 0.231. The quantitative estimate of drug-likeness (QED) is 0.317. The first-order valence-electron chi connectivity index (χ1n) is 12.8.